The van der Waals surface area contributed by atoms with E-state index >= 15 is 0 Å². The topological polar surface area (TPSA) is 53.8 Å². The predicted octanol–water partition coefficient (Wildman–Crippen LogP) is 1.04. The lowest BCUT2D eigenvalue weighted by molar-refractivity contribution is 0.796. The average molecular weight is 115 g/mol. The largest absolute Gasteiger partial charge is 0.168 e. The van der Waals surface area contributed by atoms with Gasteiger partial charge in [-0.2, -0.15) is 10.6 Å². The Morgan fingerprint density at radius 2 is 2.50 bits per heavy atom. The minimum Gasteiger partial charge on any atom is -0.168 e. The van der Waals surface area contributed by atoms with Gasteiger partial charge < -0.3 is 0 Å². The summed E-state index contributed by atoms with van der Waals surface area (Å²) in [5.41, 5.74) is 1.92. The molecule has 0 radical (unpaired) electrons. The second-order valence-corrected chi connectivity index (χ2v) is 1.29. The zero-order valence-corrected chi connectivity index (χ0v) is 4.79. The van der Waals surface area contributed by atoms with Gasteiger partial charge in [-0.3, -0.25) is 0 Å². The first-order chi connectivity index (χ1) is 3.91. The third-order valence-corrected chi connectivity index (χ3v) is 0.608. The summed E-state index contributed by atoms with van der Waals surface area (Å²) in [6.45, 7) is 2.03. The molecular formula is C4H9N3O. The molecule has 0 amide bonds. The van der Waals surface area contributed by atoms with Gasteiger partial charge in [-0.15, -0.1) is 4.91 Å². The number of hydrazone groups is 1. The van der Waals surface area contributed by atoms with E-state index in [1.165, 1.54) is 0 Å². The van der Waals surface area contributed by atoms with E-state index in [4.69, 9.17) is 0 Å². The van der Waals surface area contributed by atoms with E-state index in [1.54, 1.807) is 6.21 Å². The van der Waals surface area contributed by atoms with Gasteiger partial charge in [-0.1, -0.05) is 13.3 Å². The van der Waals surface area contributed by atoms with Crippen LogP contribution in [0.1, 0.15) is 19.8 Å². The van der Waals surface area contributed by atoms with Gasteiger partial charge in [0.05, 0.1) is 5.29 Å². The van der Waals surface area contributed by atoms with E-state index in [0.29, 0.717) is 0 Å². The summed E-state index contributed by atoms with van der Waals surface area (Å²) in [5.74, 6) is 0. The Labute approximate surface area is 47.9 Å². The van der Waals surface area contributed by atoms with Crippen LogP contribution >= 0.6 is 0 Å². The highest BCUT2D eigenvalue weighted by Gasteiger charge is 1.70. The molecule has 0 aromatic heterocycles. The maximum absolute atomic E-state index is 9.29. The maximum atomic E-state index is 9.29. The first-order valence-corrected chi connectivity index (χ1v) is 2.50. The van der Waals surface area contributed by atoms with E-state index in [9.17, 15) is 4.91 Å². The van der Waals surface area contributed by atoms with Crippen molar-refractivity contribution in [3.05, 3.63) is 4.91 Å². The molecule has 1 N–H and O–H groups in total. The van der Waals surface area contributed by atoms with Gasteiger partial charge in [-0.25, -0.2) is 0 Å². The number of nitroso groups, excluding NO2 is 1. The molecule has 0 aromatic carbocycles. The molecule has 0 aliphatic rings. The van der Waals surface area contributed by atoms with Gasteiger partial charge in [0.15, 0.2) is 0 Å². The average Bonchev–Trinajstić information content (AvgIpc) is 1.81. The van der Waals surface area contributed by atoms with Crippen molar-refractivity contribution in [1.29, 1.82) is 0 Å². The molecule has 0 rings (SSSR count). The Kier molecular flexibility index (Phi) is 5.36. The first-order valence-electron chi connectivity index (χ1n) is 2.50. The van der Waals surface area contributed by atoms with Crippen LogP contribution in [0.25, 0.3) is 0 Å². The summed E-state index contributed by atoms with van der Waals surface area (Å²) < 4.78 is 0. The fourth-order valence-corrected chi connectivity index (χ4v) is 0.258. The molecule has 46 valence electrons. The standard InChI is InChI=1S/C4H9N3O/c1-2-3-4-5-6-7-8/h4H,2-3H2,1H3,(H,6,8). The van der Waals surface area contributed by atoms with Gasteiger partial charge in [0.2, 0.25) is 0 Å². The summed E-state index contributed by atoms with van der Waals surface area (Å²) in [5, 5.41) is 5.73. The molecule has 0 saturated carbocycles. The van der Waals surface area contributed by atoms with Crippen molar-refractivity contribution in [2.24, 2.45) is 10.4 Å². The van der Waals surface area contributed by atoms with Crippen molar-refractivity contribution in [3.8, 4) is 0 Å². The predicted molar refractivity (Wildman–Crippen MR) is 32.3 cm³/mol. The van der Waals surface area contributed by atoms with Crippen molar-refractivity contribution in [3.63, 3.8) is 0 Å². The number of hydrogen-bond donors (Lipinski definition) is 1. The number of nitrogens with zero attached hydrogens (tertiary/aromatic N) is 2. The third-order valence-electron chi connectivity index (χ3n) is 0.608. The molecule has 0 aliphatic carbocycles. The lowest BCUT2D eigenvalue weighted by Crippen LogP contribution is -1.90. The second kappa shape index (κ2) is 6.07. The molecule has 0 spiro atoms. The van der Waals surface area contributed by atoms with E-state index in [2.05, 4.69) is 10.4 Å². The maximum Gasteiger partial charge on any atom is 0.0722 e. The molecular weight excluding hydrogens is 106 g/mol. The summed E-state index contributed by atoms with van der Waals surface area (Å²) in [4.78, 5) is 9.29. The lowest BCUT2D eigenvalue weighted by Gasteiger charge is -1.80. The fourth-order valence-electron chi connectivity index (χ4n) is 0.258. The molecule has 0 unspecified atom stereocenters. The Hall–Kier alpha value is -0.930. The van der Waals surface area contributed by atoms with Crippen LogP contribution in [0.15, 0.2) is 10.4 Å². The van der Waals surface area contributed by atoms with Crippen LogP contribution in [0.2, 0.25) is 0 Å². The van der Waals surface area contributed by atoms with E-state index in [1.807, 2.05) is 12.5 Å². The first kappa shape index (κ1) is 7.07. The highest BCUT2D eigenvalue weighted by Crippen LogP contribution is 1.78. The normalized spacial score (nSPS) is 9.62. The molecule has 0 saturated heterocycles. The fraction of sp³-hybridized carbons (Fsp3) is 0.750. The smallest absolute Gasteiger partial charge is 0.0722 e. The summed E-state index contributed by atoms with van der Waals surface area (Å²) in [6.07, 6.45) is 3.52. The number of hydrogen-bond acceptors (Lipinski definition) is 3. The summed E-state index contributed by atoms with van der Waals surface area (Å²) >= 11 is 0. The van der Waals surface area contributed by atoms with Gasteiger partial charge >= 0.3 is 0 Å². The Morgan fingerprint density at radius 1 is 1.75 bits per heavy atom. The minimum absolute atomic E-state index is 0.878. The molecule has 0 atom stereocenters. The van der Waals surface area contributed by atoms with Gasteiger partial charge in [0, 0.05) is 6.21 Å². The molecule has 8 heavy (non-hydrogen) atoms. The molecule has 0 bridgehead atoms. The van der Waals surface area contributed by atoms with Crippen LogP contribution in [0.4, 0.5) is 0 Å². The van der Waals surface area contributed by atoms with E-state index < -0.39 is 0 Å². The number of rotatable bonds is 4. The summed E-state index contributed by atoms with van der Waals surface area (Å²) in [6, 6.07) is 0. The van der Waals surface area contributed by atoms with Gasteiger partial charge in [-0.05, 0) is 6.42 Å². The van der Waals surface area contributed by atoms with Crippen LogP contribution < -0.4 is 5.53 Å². The summed E-state index contributed by atoms with van der Waals surface area (Å²) in [7, 11) is 0. The minimum atomic E-state index is 0.878. The monoisotopic (exact) mass is 115 g/mol. The number of unbranched alkanes of at least 4 members (excludes halogenated alkanes) is 1. The van der Waals surface area contributed by atoms with Gasteiger partial charge in [0.25, 0.3) is 0 Å². The second-order valence-electron chi connectivity index (χ2n) is 1.29. The molecule has 0 aromatic rings. The Balaban J connectivity index is 2.94. The van der Waals surface area contributed by atoms with Crippen LogP contribution in [-0.4, -0.2) is 6.21 Å². The van der Waals surface area contributed by atoms with Crippen molar-refractivity contribution in [2.45, 2.75) is 19.8 Å². The quantitative estimate of drug-likeness (QED) is 0.338. The Morgan fingerprint density at radius 3 is 3.00 bits per heavy atom. The molecule has 4 nitrogen and oxygen atoms in total. The molecule has 0 heterocycles. The highest BCUT2D eigenvalue weighted by atomic mass is 16.3. The Bertz CT molecular complexity index is 81.4. The zero-order chi connectivity index (χ0) is 6.24. The van der Waals surface area contributed by atoms with Crippen molar-refractivity contribution in [1.82, 2.24) is 5.53 Å². The van der Waals surface area contributed by atoms with Crippen LogP contribution in [0.5, 0.6) is 0 Å². The van der Waals surface area contributed by atoms with Crippen LogP contribution in [0, 0.1) is 4.91 Å². The van der Waals surface area contributed by atoms with Gasteiger partial charge in [0.1, 0.15) is 0 Å². The molecule has 0 fully saturated rings. The SMILES string of the molecule is CCCC=NNN=O. The lowest BCUT2D eigenvalue weighted by atomic mass is 10.4. The molecule has 4 heteroatoms. The van der Waals surface area contributed by atoms with Crippen LogP contribution in [0.3, 0.4) is 0 Å². The molecule has 0 aliphatic heterocycles. The highest BCUT2D eigenvalue weighted by molar-refractivity contribution is 5.56. The van der Waals surface area contributed by atoms with Crippen molar-refractivity contribution < 1.29 is 0 Å². The van der Waals surface area contributed by atoms with Crippen molar-refractivity contribution >= 4 is 6.21 Å². The van der Waals surface area contributed by atoms with Crippen molar-refractivity contribution in [2.75, 3.05) is 0 Å². The van der Waals surface area contributed by atoms with E-state index in [0.717, 1.165) is 12.8 Å². The van der Waals surface area contributed by atoms with Crippen LogP contribution in [-0.2, 0) is 0 Å². The number of nitrogens with one attached hydrogen (secondary N) is 1. The zero-order valence-electron chi connectivity index (χ0n) is 4.79. The third kappa shape index (κ3) is 5.07. The van der Waals surface area contributed by atoms with E-state index in [-0.39, 0.29) is 0 Å².